The minimum absolute atomic E-state index is 0.0137. The lowest BCUT2D eigenvalue weighted by atomic mass is 10.1. The van der Waals surface area contributed by atoms with E-state index in [9.17, 15) is 14.0 Å². The van der Waals surface area contributed by atoms with Crippen molar-refractivity contribution >= 4 is 34.2 Å². The minimum atomic E-state index is -0.853. The molecule has 10 heteroatoms. The van der Waals surface area contributed by atoms with Gasteiger partial charge in [-0.1, -0.05) is 32.0 Å². The van der Waals surface area contributed by atoms with E-state index < -0.39 is 17.6 Å². The van der Waals surface area contributed by atoms with E-state index in [0.717, 1.165) is 19.3 Å². The third-order valence-corrected chi connectivity index (χ3v) is 5.68. The molecule has 0 radical (unpaired) electrons. The summed E-state index contributed by atoms with van der Waals surface area (Å²) in [5.41, 5.74) is 7.07. The number of nitrogens with two attached hydrogens (primary N) is 1. The second kappa shape index (κ2) is 10.2. The van der Waals surface area contributed by atoms with Gasteiger partial charge in [0, 0.05) is 31.5 Å². The Kier molecular flexibility index (Phi) is 7.06. The quantitative estimate of drug-likeness (QED) is 0.535. The number of nitrogens with zero attached hydrogens (tertiary/aromatic N) is 4. The van der Waals surface area contributed by atoms with Crippen LogP contribution in [0.4, 0.5) is 15.9 Å². The Labute approximate surface area is 197 Å². The maximum Gasteiger partial charge on any atom is 0.314 e. The molecule has 0 spiro atoms. The maximum atomic E-state index is 14.2. The van der Waals surface area contributed by atoms with Crippen LogP contribution in [0.3, 0.4) is 0 Å². The minimum Gasteiger partial charge on any atom is -0.383 e. The molecular formula is C24H29FN6O3. The number of hydrogen-bond acceptors (Lipinski definition) is 6. The Hall–Kier alpha value is -3.53. The molecule has 3 heterocycles. The highest BCUT2D eigenvalue weighted by Crippen LogP contribution is 2.29. The first-order valence-corrected chi connectivity index (χ1v) is 11.4. The summed E-state index contributed by atoms with van der Waals surface area (Å²) in [7, 11) is 0. The zero-order valence-electron chi connectivity index (χ0n) is 19.3. The number of aromatic nitrogens is 3. The highest BCUT2D eigenvalue weighted by atomic mass is 19.1. The van der Waals surface area contributed by atoms with Crippen LogP contribution in [0.5, 0.6) is 0 Å². The van der Waals surface area contributed by atoms with Gasteiger partial charge in [-0.3, -0.25) is 9.59 Å². The first-order chi connectivity index (χ1) is 16.3. The number of carbonyl (C=O) groups excluding carboxylic acids is 2. The van der Waals surface area contributed by atoms with Crippen LogP contribution < -0.4 is 11.1 Å². The molecule has 0 saturated carbocycles. The second-order valence-electron chi connectivity index (χ2n) is 8.87. The van der Waals surface area contributed by atoms with Crippen molar-refractivity contribution in [2.45, 2.75) is 45.9 Å². The van der Waals surface area contributed by atoms with Crippen LogP contribution in [-0.2, 0) is 20.9 Å². The number of ether oxygens (including phenoxy) is 1. The van der Waals surface area contributed by atoms with Crippen molar-refractivity contribution in [3.63, 3.8) is 0 Å². The van der Waals surface area contributed by atoms with Crippen molar-refractivity contribution in [3.8, 4) is 0 Å². The molecule has 1 aromatic carbocycles. The van der Waals surface area contributed by atoms with E-state index in [-0.39, 0.29) is 30.2 Å². The largest absolute Gasteiger partial charge is 0.383 e. The Morgan fingerprint density at radius 3 is 2.82 bits per heavy atom. The van der Waals surface area contributed by atoms with Gasteiger partial charge in [-0.2, -0.15) is 5.10 Å². The first-order valence-electron chi connectivity index (χ1n) is 11.4. The van der Waals surface area contributed by atoms with E-state index in [4.69, 9.17) is 10.5 Å². The van der Waals surface area contributed by atoms with Crippen molar-refractivity contribution in [3.05, 3.63) is 48.0 Å². The Balaban J connectivity index is 1.56. The van der Waals surface area contributed by atoms with Gasteiger partial charge in [-0.25, -0.2) is 14.1 Å². The lowest BCUT2D eigenvalue weighted by molar-refractivity contribution is -0.144. The average molecular weight is 469 g/mol. The van der Waals surface area contributed by atoms with E-state index in [0.29, 0.717) is 29.6 Å². The molecule has 1 fully saturated rings. The van der Waals surface area contributed by atoms with E-state index in [1.54, 1.807) is 29.1 Å². The van der Waals surface area contributed by atoms with Gasteiger partial charge in [0.25, 0.3) is 0 Å². The summed E-state index contributed by atoms with van der Waals surface area (Å²) < 4.78 is 21.7. The van der Waals surface area contributed by atoms with Crippen molar-refractivity contribution in [1.29, 1.82) is 0 Å². The summed E-state index contributed by atoms with van der Waals surface area (Å²) >= 11 is 0. The van der Waals surface area contributed by atoms with Crippen molar-refractivity contribution < 1.29 is 18.7 Å². The lowest BCUT2D eigenvalue weighted by Gasteiger charge is -2.24. The van der Waals surface area contributed by atoms with Crippen molar-refractivity contribution in [2.75, 3.05) is 24.2 Å². The molecule has 4 rings (SSSR count). The predicted molar refractivity (Wildman–Crippen MR) is 126 cm³/mol. The van der Waals surface area contributed by atoms with Gasteiger partial charge in [0.05, 0.1) is 17.3 Å². The molecule has 9 nitrogen and oxygen atoms in total. The molecule has 1 unspecified atom stereocenters. The number of pyridine rings is 1. The number of hydrogen-bond donors (Lipinski definition) is 2. The van der Waals surface area contributed by atoms with Crippen LogP contribution in [0.1, 0.15) is 44.9 Å². The smallest absolute Gasteiger partial charge is 0.314 e. The molecule has 1 aliphatic rings. The number of anilines is 2. The van der Waals surface area contributed by atoms with Gasteiger partial charge in [0.2, 0.25) is 0 Å². The number of halogens is 1. The highest BCUT2D eigenvalue weighted by Gasteiger charge is 2.26. The maximum absolute atomic E-state index is 14.2. The molecule has 1 saturated heterocycles. The topological polar surface area (TPSA) is 115 Å². The third-order valence-electron chi connectivity index (χ3n) is 5.68. The van der Waals surface area contributed by atoms with Gasteiger partial charge < -0.3 is 20.7 Å². The number of rotatable bonds is 6. The van der Waals surface area contributed by atoms with Crippen molar-refractivity contribution in [1.82, 2.24) is 19.7 Å². The Morgan fingerprint density at radius 2 is 2.12 bits per heavy atom. The van der Waals surface area contributed by atoms with Crippen LogP contribution in [-0.4, -0.2) is 44.6 Å². The standard InChI is InChI=1S/C24H29FN6O3/c1-15(2)12-30(13-16-7-3-4-8-18(16)25)24(33)23(32)28-19-11-27-22(26)17-14-31(29-21(17)19)20-9-5-6-10-34-20/h3-4,7-8,11,14-15,20H,5-6,9-10,12-13H2,1-2H3,(H2,26,27)(H,28,32). The highest BCUT2D eigenvalue weighted by molar-refractivity contribution is 6.40. The van der Waals surface area contributed by atoms with Gasteiger partial charge in [-0.15, -0.1) is 0 Å². The SMILES string of the molecule is CC(C)CN(Cc1ccccc1F)C(=O)C(=O)Nc1cnc(N)c2cn(C3CCCCO3)nc12. The molecular weight excluding hydrogens is 439 g/mol. The van der Waals surface area contributed by atoms with Crippen LogP contribution in [0.15, 0.2) is 36.7 Å². The molecule has 1 atom stereocenters. The van der Waals surface area contributed by atoms with E-state index in [1.165, 1.54) is 17.2 Å². The van der Waals surface area contributed by atoms with E-state index in [2.05, 4.69) is 15.4 Å². The normalized spacial score (nSPS) is 16.1. The molecule has 1 aliphatic heterocycles. The van der Waals surface area contributed by atoms with Crippen LogP contribution in [0.25, 0.3) is 10.9 Å². The van der Waals surface area contributed by atoms with Gasteiger partial charge >= 0.3 is 11.8 Å². The zero-order valence-corrected chi connectivity index (χ0v) is 19.3. The third kappa shape index (κ3) is 5.17. The second-order valence-corrected chi connectivity index (χ2v) is 8.87. The summed E-state index contributed by atoms with van der Waals surface area (Å²) in [5.74, 6) is -1.70. The summed E-state index contributed by atoms with van der Waals surface area (Å²) in [4.78, 5) is 31.5. The number of nitrogen functional groups attached to an aromatic ring is 1. The molecule has 0 bridgehead atoms. The van der Waals surface area contributed by atoms with Crippen LogP contribution in [0.2, 0.25) is 0 Å². The fourth-order valence-electron chi connectivity index (χ4n) is 4.03. The van der Waals surface area contributed by atoms with E-state index >= 15 is 0 Å². The van der Waals surface area contributed by atoms with Gasteiger partial charge in [0.15, 0.2) is 0 Å². The molecule has 34 heavy (non-hydrogen) atoms. The molecule has 2 amide bonds. The van der Waals surface area contributed by atoms with Crippen molar-refractivity contribution in [2.24, 2.45) is 5.92 Å². The van der Waals surface area contributed by atoms with Crippen LogP contribution in [0, 0.1) is 11.7 Å². The number of benzene rings is 1. The first kappa shape index (κ1) is 23.6. The van der Waals surface area contributed by atoms with Crippen LogP contribution >= 0.6 is 0 Å². The number of fused-ring (bicyclic) bond motifs is 1. The van der Waals surface area contributed by atoms with E-state index in [1.807, 2.05) is 13.8 Å². The predicted octanol–water partition coefficient (Wildman–Crippen LogP) is 3.48. The Morgan fingerprint density at radius 1 is 1.32 bits per heavy atom. The summed E-state index contributed by atoms with van der Waals surface area (Å²) in [6.07, 6.45) is 5.76. The number of carbonyl (C=O) groups is 2. The number of amides is 2. The molecule has 0 aliphatic carbocycles. The molecule has 3 aromatic rings. The van der Waals surface area contributed by atoms with Gasteiger partial charge in [-0.05, 0) is 31.2 Å². The Bertz CT molecular complexity index is 1190. The lowest BCUT2D eigenvalue weighted by Crippen LogP contribution is -2.41. The summed E-state index contributed by atoms with van der Waals surface area (Å²) in [6, 6.07) is 6.20. The fraction of sp³-hybridized carbons (Fsp3) is 0.417. The van der Waals surface area contributed by atoms with Gasteiger partial charge in [0.1, 0.15) is 23.4 Å². The summed E-state index contributed by atoms with van der Waals surface area (Å²) in [6.45, 7) is 4.78. The fourth-order valence-corrected chi connectivity index (χ4v) is 4.03. The number of nitrogens with one attached hydrogen (secondary N) is 1. The molecule has 2 aromatic heterocycles. The molecule has 3 N–H and O–H groups in total. The average Bonchev–Trinajstić information content (AvgIpc) is 3.28. The summed E-state index contributed by atoms with van der Waals surface area (Å²) in [5, 5.41) is 7.75. The molecule has 180 valence electrons. The monoisotopic (exact) mass is 468 g/mol. The zero-order chi connectivity index (χ0) is 24.2.